The zero-order valence-electron chi connectivity index (χ0n) is 16.7. The van der Waals surface area contributed by atoms with Gasteiger partial charge in [-0.2, -0.15) is 0 Å². The van der Waals surface area contributed by atoms with E-state index in [1.807, 2.05) is 65.6 Å². The first kappa shape index (κ1) is 20.1. The lowest BCUT2D eigenvalue weighted by Gasteiger charge is -2.44. The largest absolute Gasteiger partial charge is 0.393 e. The van der Waals surface area contributed by atoms with E-state index < -0.39 is 6.10 Å². The zero-order chi connectivity index (χ0) is 20.2. The van der Waals surface area contributed by atoms with E-state index in [0.29, 0.717) is 13.1 Å². The lowest BCUT2D eigenvalue weighted by atomic mass is 9.88. The third-order valence-corrected chi connectivity index (χ3v) is 6.34. The van der Waals surface area contributed by atoms with Crippen molar-refractivity contribution in [3.63, 3.8) is 0 Å². The molecule has 4 rings (SSSR count). The van der Waals surface area contributed by atoms with Gasteiger partial charge in [0, 0.05) is 32.2 Å². The number of aliphatic hydroxyl groups is 2. The summed E-state index contributed by atoms with van der Waals surface area (Å²) in [4.78, 5) is 17.6. The maximum atomic E-state index is 13.5. The first-order valence-electron chi connectivity index (χ1n) is 10.6. The monoisotopic (exact) mass is 394 g/mol. The van der Waals surface area contributed by atoms with Gasteiger partial charge in [-0.05, 0) is 30.4 Å². The van der Waals surface area contributed by atoms with Crippen molar-refractivity contribution in [3.05, 3.63) is 71.8 Å². The molecule has 0 saturated carbocycles. The number of likely N-dealkylation sites (tertiary alicyclic amines) is 2. The van der Waals surface area contributed by atoms with Crippen molar-refractivity contribution < 1.29 is 15.0 Å². The number of hydrogen-bond acceptors (Lipinski definition) is 4. The minimum atomic E-state index is -0.560. The van der Waals surface area contributed by atoms with E-state index in [0.717, 1.165) is 43.5 Å². The topological polar surface area (TPSA) is 64.0 Å². The van der Waals surface area contributed by atoms with Crippen LogP contribution >= 0.6 is 0 Å². The van der Waals surface area contributed by atoms with Crippen LogP contribution in [0.5, 0.6) is 0 Å². The highest BCUT2D eigenvalue weighted by molar-refractivity contribution is 5.87. The fourth-order valence-corrected chi connectivity index (χ4v) is 4.71. The van der Waals surface area contributed by atoms with Gasteiger partial charge in [0.25, 0.3) is 0 Å². The third kappa shape index (κ3) is 4.53. The van der Waals surface area contributed by atoms with Crippen molar-refractivity contribution in [2.45, 2.75) is 43.4 Å². The summed E-state index contributed by atoms with van der Waals surface area (Å²) < 4.78 is 0. The van der Waals surface area contributed by atoms with E-state index in [4.69, 9.17) is 0 Å². The Kier molecular flexibility index (Phi) is 6.28. The van der Waals surface area contributed by atoms with Crippen LogP contribution < -0.4 is 0 Å². The first-order chi connectivity index (χ1) is 14.1. The van der Waals surface area contributed by atoms with Crippen molar-refractivity contribution in [2.75, 3.05) is 26.2 Å². The second-order valence-corrected chi connectivity index (χ2v) is 8.23. The number of carbonyl (C=O) groups is 1. The molecule has 0 radical (unpaired) electrons. The molecular weight excluding hydrogens is 364 g/mol. The predicted molar refractivity (Wildman–Crippen MR) is 113 cm³/mol. The maximum absolute atomic E-state index is 13.5. The molecule has 2 heterocycles. The molecule has 2 saturated heterocycles. The average Bonchev–Trinajstić information content (AvgIpc) is 2.76. The Bertz CT molecular complexity index is 751. The molecule has 0 aromatic heterocycles. The number of β-amino-alcohol motifs (C(OH)–C–C–N with tert-alkyl or cyclic N) is 1. The number of carbonyl (C=O) groups excluding carboxylic acids is 1. The van der Waals surface area contributed by atoms with Crippen molar-refractivity contribution >= 4 is 5.91 Å². The fraction of sp³-hybridized carbons (Fsp3) is 0.458. The second-order valence-electron chi connectivity index (χ2n) is 8.23. The van der Waals surface area contributed by atoms with Crippen LogP contribution in [0.3, 0.4) is 0 Å². The van der Waals surface area contributed by atoms with Crippen LogP contribution in [0.4, 0.5) is 0 Å². The molecule has 5 heteroatoms. The first-order valence-corrected chi connectivity index (χ1v) is 10.6. The highest BCUT2D eigenvalue weighted by Gasteiger charge is 2.37. The lowest BCUT2D eigenvalue weighted by Crippen LogP contribution is -2.57. The summed E-state index contributed by atoms with van der Waals surface area (Å²) in [7, 11) is 0. The molecule has 5 nitrogen and oxygen atoms in total. The Hall–Kier alpha value is -2.21. The van der Waals surface area contributed by atoms with Crippen LogP contribution in [0.15, 0.2) is 60.7 Å². The summed E-state index contributed by atoms with van der Waals surface area (Å²) >= 11 is 0. The lowest BCUT2D eigenvalue weighted by molar-refractivity contribution is -0.137. The van der Waals surface area contributed by atoms with Crippen LogP contribution in [0.25, 0.3) is 0 Å². The van der Waals surface area contributed by atoms with E-state index in [-0.39, 0.29) is 24.0 Å². The summed E-state index contributed by atoms with van der Waals surface area (Å²) in [5.41, 5.74) is 1.95. The summed E-state index contributed by atoms with van der Waals surface area (Å²) in [5.74, 6) is -0.305. The van der Waals surface area contributed by atoms with Crippen LogP contribution in [0, 0.1) is 0 Å². The highest BCUT2D eigenvalue weighted by Crippen LogP contribution is 2.29. The van der Waals surface area contributed by atoms with Gasteiger partial charge in [0.05, 0.1) is 18.1 Å². The quantitative estimate of drug-likeness (QED) is 0.835. The number of rotatable bonds is 4. The van der Waals surface area contributed by atoms with Gasteiger partial charge in [0.15, 0.2) is 0 Å². The van der Waals surface area contributed by atoms with E-state index in [1.165, 1.54) is 0 Å². The van der Waals surface area contributed by atoms with Crippen LogP contribution in [0.1, 0.15) is 36.3 Å². The normalized spacial score (nSPS) is 24.0. The Balaban J connectivity index is 1.49. The van der Waals surface area contributed by atoms with E-state index in [9.17, 15) is 15.0 Å². The van der Waals surface area contributed by atoms with Gasteiger partial charge in [-0.25, -0.2) is 0 Å². The molecule has 2 N–H and O–H groups in total. The predicted octanol–water partition coefficient (Wildman–Crippen LogP) is 2.24. The van der Waals surface area contributed by atoms with E-state index >= 15 is 0 Å². The molecule has 2 aromatic carbocycles. The number of benzene rings is 2. The van der Waals surface area contributed by atoms with Gasteiger partial charge in [0.2, 0.25) is 5.91 Å². The average molecular weight is 395 g/mol. The SMILES string of the molecule is O=C(C(c1ccccc1)c1ccccc1)N1CC[C@@H](N2CCC(O)CC2)[C@H](O)C1. The molecule has 2 fully saturated rings. The van der Waals surface area contributed by atoms with E-state index in [1.54, 1.807) is 0 Å². The molecule has 0 bridgehead atoms. The van der Waals surface area contributed by atoms with Crippen LogP contribution in [-0.4, -0.2) is 70.3 Å². The molecule has 154 valence electrons. The summed E-state index contributed by atoms with van der Waals surface area (Å²) in [6.45, 7) is 2.63. The van der Waals surface area contributed by atoms with Gasteiger partial charge in [0.1, 0.15) is 0 Å². The van der Waals surface area contributed by atoms with Gasteiger partial charge < -0.3 is 15.1 Å². The number of hydrogen-bond donors (Lipinski definition) is 2. The second kappa shape index (κ2) is 9.08. The number of nitrogens with zero attached hydrogens (tertiary/aromatic N) is 2. The Morgan fingerprint density at radius 3 is 1.90 bits per heavy atom. The third-order valence-electron chi connectivity index (χ3n) is 6.34. The summed E-state index contributed by atoms with van der Waals surface area (Å²) in [5, 5.41) is 20.6. The molecule has 2 atom stereocenters. The molecule has 0 unspecified atom stereocenters. The number of aliphatic hydroxyl groups excluding tert-OH is 2. The number of amides is 1. The van der Waals surface area contributed by atoms with Gasteiger partial charge in [-0.1, -0.05) is 60.7 Å². The molecular formula is C24H30N2O3. The summed E-state index contributed by atoms with van der Waals surface area (Å²) in [6.07, 6.45) is 1.50. The minimum absolute atomic E-state index is 0.0500. The van der Waals surface area contributed by atoms with Crippen molar-refractivity contribution in [1.29, 1.82) is 0 Å². The molecule has 2 aliphatic heterocycles. The Labute approximate surface area is 172 Å². The van der Waals surface area contributed by atoms with Gasteiger partial charge >= 0.3 is 0 Å². The smallest absolute Gasteiger partial charge is 0.234 e. The minimum Gasteiger partial charge on any atom is -0.393 e. The Morgan fingerprint density at radius 2 is 1.38 bits per heavy atom. The molecule has 0 aliphatic carbocycles. The zero-order valence-corrected chi connectivity index (χ0v) is 16.7. The summed E-state index contributed by atoms with van der Waals surface area (Å²) in [6, 6.07) is 19.8. The molecule has 2 aromatic rings. The molecule has 1 amide bonds. The molecule has 2 aliphatic rings. The van der Waals surface area contributed by atoms with Crippen molar-refractivity contribution in [3.8, 4) is 0 Å². The highest BCUT2D eigenvalue weighted by atomic mass is 16.3. The van der Waals surface area contributed by atoms with Crippen molar-refractivity contribution in [2.24, 2.45) is 0 Å². The van der Waals surface area contributed by atoms with Crippen LogP contribution in [-0.2, 0) is 4.79 Å². The number of piperidine rings is 2. The molecule has 0 spiro atoms. The van der Waals surface area contributed by atoms with Crippen LogP contribution in [0.2, 0.25) is 0 Å². The standard InChI is InChI=1S/C24H30N2O3/c27-20-11-14-25(15-12-20)21-13-16-26(17-22(21)28)24(29)23(18-7-3-1-4-8-18)19-9-5-2-6-10-19/h1-10,20-23,27-28H,11-17H2/t21-,22-/m1/s1. The maximum Gasteiger partial charge on any atom is 0.234 e. The van der Waals surface area contributed by atoms with Gasteiger partial charge in [-0.15, -0.1) is 0 Å². The van der Waals surface area contributed by atoms with Crippen molar-refractivity contribution in [1.82, 2.24) is 9.80 Å². The fourth-order valence-electron chi connectivity index (χ4n) is 4.71. The molecule has 29 heavy (non-hydrogen) atoms. The van der Waals surface area contributed by atoms with Gasteiger partial charge in [-0.3, -0.25) is 9.69 Å². The Morgan fingerprint density at radius 1 is 0.828 bits per heavy atom. The van der Waals surface area contributed by atoms with E-state index in [2.05, 4.69) is 4.90 Å².